The number of phenolic OH excluding ortho intramolecular Hbond substituents is 1. The monoisotopic (exact) mass is 347 g/mol. The lowest BCUT2D eigenvalue weighted by Crippen LogP contribution is -2.49. The van der Waals surface area contributed by atoms with Crippen LogP contribution in [-0.4, -0.2) is 47.1 Å². The molecule has 1 aliphatic heterocycles. The zero-order chi connectivity index (χ0) is 14.0. The zero-order valence-electron chi connectivity index (χ0n) is 10.5. The van der Waals surface area contributed by atoms with Gasteiger partial charge in [0.05, 0.1) is 23.7 Å². The van der Waals surface area contributed by atoms with Crippen LogP contribution >= 0.6 is 27.5 Å². The van der Waals surface area contributed by atoms with Crippen LogP contribution in [0.5, 0.6) is 5.75 Å². The maximum absolute atomic E-state index is 12.4. The molecule has 19 heavy (non-hydrogen) atoms. The molecule has 0 bridgehead atoms. The minimum absolute atomic E-state index is 0.0269. The van der Waals surface area contributed by atoms with Gasteiger partial charge in [-0.25, -0.2) is 0 Å². The molecule has 6 heteroatoms. The number of rotatable bonds is 2. The fraction of sp³-hybridized carbons (Fsp3) is 0.462. The number of carbonyl (C=O) groups excluding carboxylic acids is 1. The first-order chi connectivity index (χ1) is 9.01. The number of hydrogen-bond acceptors (Lipinski definition) is 3. The van der Waals surface area contributed by atoms with Crippen LogP contribution in [0.15, 0.2) is 22.7 Å². The van der Waals surface area contributed by atoms with E-state index < -0.39 is 0 Å². The molecule has 1 fully saturated rings. The van der Waals surface area contributed by atoms with E-state index in [1.54, 1.807) is 17.0 Å². The first-order valence-corrected chi connectivity index (χ1v) is 7.33. The summed E-state index contributed by atoms with van der Waals surface area (Å²) in [5.74, 6) is 0.122. The topological polar surface area (TPSA) is 49.8 Å². The molecule has 0 saturated carbocycles. The van der Waals surface area contributed by atoms with Crippen molar-refractivity contribution < 1.29 is 14.6 Å². The van der Waals surface area contributed by atoms with Gasteiger partial charge in [0.2, 0.25) is 0 Å². The third kappa shape index (κ3) is 3.41. The second kappa shape index (κ2) is 6.11. The summed E-state index contributed by atoms with van der Waals surface area (Å²) >= 11 is 9.04. The quantitative estimate of drug-likeness (QED) is 0.836. The fourth-order valence-electron chi connectivity index (χ4n) is 2.15. The number of aromatic hydroxyl groups is 1. The first-order valence-electron chi connectivity index (χ1n) is 6.00. The minimum atomic E-state index is -0.199. The van der Waals surface area contributed by atoms with Crippen molar-refractivity contribution in [1.82, 2.24) is 4.90 Å². The van der Waals surface area contributed by atoms with E-state index in [0.717, 1.165) is 4.47 Å². The van der Waals surface area contributed by atoms with Gasteiger partial charge in [0, 0.05) is 17.6 Å². The van der Waals surface area contributed by atoms with E-state index in [1.165, 1.54) is 6.07 Å². The molecule has 0 spiro atoms. The Balaban J connectivity index is 2.18. The van der Waals surface area contributed by atoms with Crippen molar-refractivity contribution in [3.8, 4) is 5.75 Å². The van der Waals surface area contributed by atoms with E-state index in [0.29, 0.717) is 24.5 Å². The summed E-state index contributed by atoms with van der Waals surface area (Å²) in [5, 5.41) is 9.85. The van der Waals surface area contributed by atoms with Gasteiger partial charge in [-0.05, 0) is 25.1 Å². The highest BCUT2D eigenvalue weighted by Crippen LogP contribution is 2.25. The van der Waals surface area contributed by atoms with Crippen LogP contribution in [-0.2, 0) is 4.74 Å². The van der Waals surface area contributed by atoms with Gasteiger partial charge in [-0.1, -0.05) is 15.9 Å². The molecule has 0 aliphatic carbocycles. The number of morpholine rings is 1. The van der Waals surface area contributed by atoms with E-state index in [2.05, 4.69) is 15.9 Å². The third-order valence-corrected chi connectivity index (χ3v) is 3.81. The molecular weight excluding hydrogens is 334 g/mol. The number of halogens is 2. The second-order valence-electron chi connectivity index (χ2n) is 4.59. The fourth-order valence-corrected chi connectivity index (χ4v) is 2.67. The molecule has 104 valence electrons. The van der Waals surface area contributed by atoms with Crippen molar-refractivity contribution in [3.05, 3.63) is 28.2 Å². The summed E-state index contributed by atoms with van der Waals surface area (Å²) in [4.78, 5) is 14.1. The van der Waals surface area contributed by atoms with E-state index >= 15 is 0 Å². The smallest absolute Gasteiger partial charge is 0.257 e. The average Bonchev–Trinajstić information content (AvgIpc) is 2.37. The Hall–Kier alpha value is -0.780. The maximum atomic E-state index is 12.4. The average molecular weight is 349 g/mol. The van der Waals surface area contributed by atoms with E-state index in [9.17, 15) is 9.90 Å². The van der Waals surface area contributed by atoms with Crippen molar-refractivity contribution in [2.45, 2.75) is 19.1 Å². The van der Waals surface area contributed by atoms with Crippen LogP contribution in [0.2, 0.25) is 0 Å². The van der Waals surface area contributed by atoms with Gasteiger partial charge >= 0.3 is 0 Å². The Morgan fingerprint density at radius 2 is 2.32 bits per heavy atom. The van der Waals surface area contributed by atoms with Gasteiger partial charge in [0.25, 0.3) is 5.91 Å². The van der Waals surface area contributed by atoms with Gasteiger partial charge < -0.3 is 14.7 Å². The van der Waals surface area contributed by atoms with Crippen molar-refractivity contribution in [3.63, 3.8) is 0 Å². The molecule has 1 aromatic rings. The lowest BCUT2D eigenvalue weighted by molar-refractivity contribution is -0.0571. The van der Waals surface area contributed by atoms with Gasteiger partial charge in [-0.15, -0.1) is 11.6 Å². The summed E-state index contributed by atoms with van der Waals surface area (Å²) in [7, 11) is 0. The van der Waals surface area contributed by atoms with Crippen LogP contribution in [0.1, 0.15) is 17.3 Å². The van der Waals surface area contributed by atoms with Crippen LogP contribution in [0.4, 0.5) is 0 Å². The Bertz CT molecular complexity index is 483. The van der Waals surface area contributed by atoms with Crippen LogP contribution < -0.4 is 0 Å². The molecule has 2 rings (SSSR count). The summed E-state index contributed by atoms with van der Waals surface area (Å²) in [5.41, 5.74) is 0.297. The van der Waals surface area contributed by atoms with Crippen molar-refractivity contribution in [1.29, 1.82) is 0 Å². The van der Waals surface area contributed by atoms with Crippen molar-refractivity contribution >= 4 is 33.4 Å². The Morgan fingerprint density at radius 1 is 1.58 bits per heavy atom. The Labute approximate surface area is 125 Å². The highest BCUT2D eigenvalue weighted by Gasteiger charge is 2.29. The molecule has 1 amide bonds. The summed E-state index contributed by atoms with van der Waals surface area (Å²) in [6.45, 7) is 2.85. The molecule has 1 aromatic carbocycles. The summed E-state index contributed by atoms with van der Waals surface area (Å²) in [6, 6.07) is 4.85. The standard InChI is InChI=1S/C13H15BrClNO3/c1-8-6-16(7-10(5-15)19-8)13(18)11-3-2-9(14)4-12(11)17/h2-4,8,10,17H,5-7H2,1H3. The number of benzene rings is 1. The van der Waals surface area contributed by atoms with E-state index in [-0.39, 0.29) is 23.9 Å². The van der Waals surface area contributed by atoms with Crippen LogP contribution in [0.25, 0.3) is 0 Å². The van der Waals surface area contributed by atoms with Gasteiger partial charge in [-0.3, -0.25) is 4.79 Å². The molecule has 2 unspecified atom stereocenters. The SMILES string of the molecule is CC1CN(C(=O)c2ccc(Br)cc2O)CC(CCl)O1. The number of nitrogens with zero attached hydrogens (tertiary/aromatic N) is 1. The van der Waals surface area contributed by atoms with Crippen LogP contribution in [0.3, 0.4) is 0 Å². The van der Waals surface area contributed by atoms with Crippen molar-refractivity contribution in [2.75, 3.05) is 19.0 Å². The van der Waals surface area contributed by atoms with Crippen molar-refractivity contribution in [2.24, 2.45) is 0 Å². The zero-order valence-corrected chi connectivity index (χ0v) is 12.8. The Morgan fingerprint density at radius 3 is 2.95 bits per heavy atom. The molecule has 0 aromatic heterocycles. The maximum Gasteiger partial charge on any atom is 0.257 e. The summed E-state index contributed by atoms with van der Waals surface area (Å²) < 4.78 is 6.34. The molecule has 1 aliphatic rings. The molecule has 0 radical (unpaired) electrons. The third-order valence-electron chi connectivity index (χ3n) is 2.98. The normalized spacial score (nSPS) is 23.4. The summed E-state index contributed by atoms with van der Waals surface area (Å²) in [6.07, 6.45) is -0.217. The number of phenols is 1. The number of ether oxygens (including phenoxy) is 1. The number of carbonyl (C=O) groups is 1. The number of amides is 1. The highest BCUT2D eigenvalue weighted by molar-refractivity contribution is 9.10. The number of hydrogen-bond donors (Lipinski definition) is 1. The van der Waals surface area contributed by atoms with Gasteiger partial charge in [0.15, 0.2) is 0 Å². The Kier molecular flexibility index (Phi) is 4.71. The molecule has 1 heterocycles. The van der Waals surface area contributed by atoms with E-state index in [1.807, 2.05) is 6.92 Å². The molecule has 1 saturated heterocycles. The molecule has 4 nitrogen and oxygen atoms in total. The largest absolute Gasteiger partial charge is 0.507 e. The van der Waals surface area contributed by atoms with Crippen LogP contribution in [0, 0.1) is 0 Å². The lowest BCUT2D eigenvalue weighted by atomic mass is 10.1. The highest BCUT2D eigenvalue weighted by atomic mass is 79.9. The predicted octanol–water partition coefficient (Wildman–Crippen LogP) is 2.62. The molecule has 2 atom stereocenters. The minimum Gasteiger partial charge on any atom is -0.507 e. The first kappa shape index (κ1) is 14.6. The lowest BCUT2D eigenvalue weighted by Gasteiger charge is -2.36. The molecule has 1 N–H and O–H groups in total. The number of alkyl halides is 1. The molecular formula is C13H15BrClNO3. The second-order valence-corrected chi connectivity index (χ2v) is 5.82. The predicted molar refractivity (Wildman–Crippen MR) is 76.8 cm³/mol. The van der Waals surface area contributed by atoms with E-state index in [4.69, 9.17) is 16.3 Å². The van der Waals surface area contributed by atoms with Gasteiger partial charge in [0.1, 0.15) is 5.75 Å². The van der Waals surface area contributed by atoms with Gasteiger partial charge in [-0.2, -0.15) is 0 Å².